The highest BCUT2D eigenvalue weighted by atomic mass is 32.1. The number of alkyl halides is 1. The van der Waals surface area contributed by atoms with Crippen molar-refractivity contribution in [2.24, 2.45) is 5.92 Å². The summed E-state index contributed by atoms with van der Waals surface area (Å²) in [4.78, 5) is 6.73. The van der Waals surface area contributed by atoms with Crippen LogP contribution in [0.3, 0.4) is 0 Å². The van der Waals surface area contributed by atoms with Crippen LogP contribution in [0.5, 0.6) is 0 Å². The second-order valence-electron chi connectivity index (χ2n) is 4.62. The topological polar surface area (TPSA) is 39.9 Å². The van der Waals surface area contributed by atoms with Crippen LogP contribution in [0.25, 0.3) is 10.2 Å². The van der Waals surface area contributed by atoms with Gasteiger partial charge in [0.05, 0.1) is 35.1 Å². The van der Waals surface area contributed by atoms with E-state index in [9.17, 15) is 4.39 Å². The van der Waals surface area contributed by atoms with Crippen LogP contribution in [0.4, 0.5) is 4.39 Å². The Hall–Kier alpha value is -1.51. The number of nitrogens with zero attached hydrogens (tertiary/aromatic N) is 3. The molecular formula is C13H12FN3S. The van der Waals surface area contributed by atoms with Gasteiger partial charge in [-0.25, -0.2) is 4.98 Å². The van der Waals surface area contributed by atoms with Gasteiger partial charge in [-0.1, -0.05) is 0 Å². The van der Waals surface area contributed by atoms with Gasteiger partial charge in [0.1, 0.15) is 5.01 Å². The van der Waals surface area contributed by atoms with E-state index in [1.54, 1.807) is 11.3 Å². The fraction of sp³-hybridized carbons (Fsp3) is 0.385. The van der Waals surface area contributed by atoms with Crippen molar-refractivity contribution >= 4 is 21.6 Å². The van der Waals surface area contributed by atoms with Crippen molar-refractivity contribution in [3.8, 4) is 6.07 Å². The highest BCUT2D eigenvalue weighted by Crippen LogP contribution is 2.26. The lowest BCUT2D eigenvalue weighted by molar-refractivity contribution is 0.0738. The summed E-state index contributed by atoms with van der Waals surface area (Å²) in [6, 6.07) is 7.69. The zero-order valence-electron chi connectivity index (χ0n) is 9.77. The van der Waals surface area contributed by atoms with Gasteiger partial charge in [-0.15, -0.1) is 11.3 Å². The highest BCUT2D eigenvalue weighted by Gasteiger charge is 2.27. The number of rotatable bonds is 3. The molecule has 2 aromatic rings. The maximum atomic E-state index is 12.3. The lowest BCUT2D eigenvalue weighted by atomic mass is 10.0. The van der Waals surface area contributed by atoms with Crippen LogP contribution >= 0.6 is 11.3 Å². The first-order valence-corrected chi connectivity index (χ1v) is 6.68. The molecule has 2 heterocycles. The summed E-state index contributed by atoms with van der Waals surface area (Å²) in [5.74, 6) is 0.213. The molecule has 92 valence electrons. The number of benzene rings is 1. The molecule has 0 radical (unpaired) electrons. The van der Waals surface area contributed by atoms with E-state index in [4.69, 9.17) is 5.26 Å². The van der Waals surface area contributed by atoms with Crippen LogP contribution in [-0.4, -0.2) is 29.6 Å². The quantitative estimate of drug-likeness (QED) is 0.852. The number of nitriles is 1. The molecule has 0 aliphatic carbocycles. The number of likely N-dealkylation sites (tertiary alicyclic amines) is 1. The number of thiazole rings is 1. The van der Waals surface area contributed by atoms with Gasteiger partial charge in [0.15, 0.2) is 0 Å². The van der Waals surface area contributed by atoms with E-state index in [1.165, 1.54) is 0 Å². The molecule has 1 aliphatic heterocycles. The number of hydrogen-bond donors (Lipinski definition) is 0. The minimum absolute atomic E-state index is 0.213. The molecule has 3 nitrogen and oxygen atoms in total. The van der Waals surface area contributed by atoms with E-state index in [2.05, 4.69) is 16.0 Å². The van der Waals surface area contributed by atoms with Crippen molar-refractivity contribution in [1.82, 2.24) is 9.88 Å². The van der Waals surface area contributed by atoms with Crippen molar-refractivity contribution in [3.05, 3.63) is 28.8 Å². The van der Waals surface area contributed by atoms with Crippen LogP contribution in [0.2, 0.25) is 0 Å². The SMILES string of the molecule is N#Cc1ccc2sc(CN3CC(CF)C3)nc2c1. The molecule has 1 aromatic carbocycles. The molecule has 0 atom stereocenters. The molecule has 1 aromatic heterocycles. The number of fused-ring (bicyclic) bond motifs is 1. The Bertz CT molecular complexity index is 610. The van der Waals surface area contributed by atoms with Gasteiger partial charge in [0.25, 0.3) is 0 Å². The van der Waals surface area contributed by atoms with Crippen LogP contribution in [0, 0.1) is 17.2 Å². The largest absolute Gasteiger partial charge is 0.296 e. The Labute approximate surface area is 108 Å². The minimum atomic E-state index is -0.220. The zero-order valence-corrected chi connectivity index (χ0v) is 10.6. The summed E-state index contributed by atoms with van der Waals surface area (Å²) in [5, 5.41) is 9.87. The van der Waals surface area contributed by atoms with Crippen LogP contribution in [0.15, 0.2) is 18.2 Å². The first kappa shape index (κ1) is 11.6. The van der Waals surface area contributed by atoms with Crippen LogP contribution in [-0.2, 0) is 6.54 Å². The van der Waals surface area contributed by atoms with Crippen LogP contribution in [0.1, 0.15) is 10.6 Å². The molecule has 5 heteroatoms. The second-order valence-corrected chi connectivity index (χ2v) is 5.73. The Balaban J connectivity index is 1.76. The van der Waals surface area contributed by atoms with E-state index >= 15 is 0 Å². The molecule has 0 N–H and O–H groups in total. The Morgan fingerprint density at radius 1 is 1.50 bits per heavy atom. The molecule has 0 spiro atoms. The van der Waals surface area contributed by atoms with E-state index in [1.807, 2.05) is 18.2 Å². The summed E-state index contributed by atoms with van der Waals surface area (Å²) in [6.07, 6.45) is 0. The molecule has 0 amide bonds. The number of aromatic nitrogens is 1. The van der Waals surface area contributed by atoms with Gasteiger partial charge in [-0.3, -0.25) is 9.29 Å². The lowest BCUT2D eigenvalue weighted by Crippen LogP contribution is -2.46. The van der Waals surface area contributed by atoms with Gasteiger partial charge in [0, 0.05) is 19.0 Å². The van der Waals surface area contributed by atoms with Crippen molar-refractivity contribution in [1.29, 1.82) is 5.26 Å². The van der Waals surface area contributed by atoms with E-state index in [0.717, 1.165) is 34.9 Å². The second kappa shape index (κ2) is 4.63. The molecule has 18 heavy (non-hydrogen) atoms. The maximum Gasteiger partial charge on any atom is 0.108 e. The summed E-state index contributed by atoms with van der Waals surface area (Å²) >= 11 is 1.65. The van der Waals surface area contributed by atoms with Crippen molar-refractivity contribution < 1.29 is 4.39 Å². The average molecular weight is 261 g/mol. The third kappa shape index (κ3) is 2.09. The van der Waals surface area contributed by atoms with Crippen LogP contribution < -0.4 is 0 Å². The molecule has 1 fully saturated rings. The van der Waals surface area contributed by atoms with Gasteiger partial charge in [-0.05, 0) is 18.2 Å². The molecular weight excluding hydrogens is 249 g/mol. The fourth-order valence-electron chi connectivity index (χ4n) is 2.21. The van der Waals surface area contributed by atoms with Gasteiger partial charge >= 0.3 is 0 Å². The zero-order chi connectivity index (χ0) is 12.5. The molecule has 3 rings (SSSR count). The van der Waals surface area contributed by atoms with E-state index < -0.39 is 0 Å². The molecule has 0 bridgehead atoms. The molecule has 1 saturated heterocycles. The normalized spacial score (nSPS) is 16.7. The minimum Gasteiger partial charge on any atom is -0.296 e. The smallest absolute Gasteiger partial charge is 0.108 e. The Morgan fingerprint density at radius 3 is 3.06 bits per heavy atom. The Kier molecular flexibility index (Phi) is 2.98. The van der Waals surface area contributed by atoms with Crippen molar-refractivity contribution in [2.45, 2.75) is 6.54 Å². The monoisotopic (exact) mass is 261 g/mol. The molecule has 0 unspecified atom stereocenters. The Morgan fingerprint density at radius 2 is 2.33 bits per heavy atom. The molecule has 1 aliphatic rings. The number of hydrogen-bond acceptors (Lipinski definition) is 4. The van der Waals surface area contributed by atoms with Gasteiger partial charge in [-0.2, -0.15) is 5.26 Å². The fourth-order valence-corrected chi connectivity index (χ4v) is 3.20. The summed E-state index contributed by atoms with van der Waals surface area (Å²) < 4.78 is 13.4. The average Bonchev–Trinajstić information content (AvgIpc) is 2.74. The maximum absolute atomic E-state index is 12.3. The highest BCUT2D eigenvalue weighted by molar-refractivity contribution is 7.18. The van der Waals surface area contributed by atoms with Crippen molar-refractivity contribution in [2.75, 3.05) is 19.8 Å². The van der Waals surface area contributed by atoms with Crippen molar-refractivity contribution in [3.63, 3.8) is 0 Å². The first-order chi connectivity index (χ1) is 8.78. The predicted molar refractivity (Wildman–Crippen MR) is 69.1 cm³/mol. The first-order valence-electron chi connectivity index (χ1n) is 5.86. The van der Waals surface area contributed by atoms with E-state index in [-0.39, 0.29) is 12.6 Å². The summed E-state index contributed by atoms with van der Waals surface area (Å²) in [7, 11) is 0. The summed E-state index contributed by atoms with van der Waals surface area (Å²) in [6.45, 7) is 2.23. The van der Waals surface area contributed by atoms with E-state index in [0.29, 0.717) is 5.56 Å². The summed E-state index contributed by atoms with van der Waals surface area (Å²) in [5.41, 5.74) is 1.53. The predicted octanol–water partition coefficient (Wildman–Crippen LogP) is 2.57. The van der Waals surface area contributed by atoms with Gasteiger partial charge in [0.2, 0.25) is 0 Å². The number of halogens is 1. The lowest BCUT2D eigenvalue weighted by Gasteiger charge is -2.36. The standard InChI is InChI=1S/C13H12FN3S/c14-4-10-6-17(7-10)8-13-16-11-3-9(5-15)1-2-12(11)18-13/h1-3,10H,4,6-8H2. The molecule has 0 saturated carbocycles. The third-order valence-electron chi connectivity index (χ3n) is 3.17. The van der Waals surface area contributed by atoms with Gasteiger partial charge < -0.3 is 0 Å². The third-order valence-corrected chi connectivity index (χ3v) is 4.19.